The van der Waals surface area contributed by atoms with E-state index in [-0.39, 0.29) is 17.8 Å². The number of aromatic nitrogens is 1. The average molecular weight is 296 g/mol. The Hall–Kier alpha value is -2.49. The van der Waals surface area contributed by atoms with Gasteiger partial charge in [0.05, 0.1) is 6.04 Å². The molecule has 0 N–H and O–H groups in total. The number of benzene rings is 1. The third-order valence-corrected chi connectivity index (χ3v) is 3.89. The highest BCUT2D eigenvalue weighted by Gasteiger charge is 2.28. The summed E-state index contributed by atoms with van der Waals surface area (Å²) in [5.41, 5.74) is 1.88. The molecular formula is C18H17FN2O. The van der Waals surface area contributed by atoms with Crippen LogP contribution in [0.25, 0.3) is 6.08 Å². The van der Waals surface area contributed by atoms with Gasteiger partial charge in [0.2, 0.25) is 5.91 Å². The lowest BCUT2D eigenvalue weighted by atomic mass is 10.0. The summed E-state index contributed by atoms with van der Waals surface area (Å²) < 4.78 is 13.0. The molecule has 1 unspecified atom stereocenters. The predicted octanol–water partition coefficient (Wildman–Crippen LogP) is 3.60. The van der Waals surface area contributed by atoms with Crippen molar-refractivity contribution in [3.8, 4) is 0 Å². The van der Waals surface area contributed by atoms with Gasteiger partial charge < -0.3 is 4.90 Å². The Morgan fingerprint density at radius 2 is 2.09 bits per heavy atom. The van der Waals surface area contributed by atoms with Crippen LogP contribution in [-0.4, -0.2) is 22.3 Å². The lowest BCUT2D eigenvalue weighted by molar-refractivity contribution is -0.126. The summed E-state index contributed by atoms with van der Waals surface area (Å²) in [4.78, 5) is 18.3. The molecule has 3 rings (SSSR count). The van der Waals surface area contributed by atoms with Gasteiger partial charge in [0.25, 0.3) is 0 Å². The molecule has 1 amide bonds. The van der Waals surface area contributed by atoms with Crippen LogP contribution < -0.4 is 0 Å². The second-order valence-corrected chi connectivity index (χ2v) is 5.36. The maximum absolute atomic E-state index is 13.0. The molecule has 2 aromatic rings. The second kappa shape index (κ2) is 6.52. The Morgan fingerprint density at radius 1 is 1.27 bits per heavy atom. The number of hydrogen-bond acceptors (Lipinski definition) is 2. The van der Waals surface area contributed by atoms with Crippen LogP contribution in [0.4, 0.5) is 4.39 Å². The minimum atomic E-state index is -0.254. The van der Waals surface area contributed by atoms with E-state index in [1.54, 1.807) is 36.7 Å². The summed E-state index contributed by atoms with van der Waals surface area (Å²) in [5, 5.41) is 0. The van der Waals surface area contributed by atoms with Gasteiger partial charge in [-0.3, -0.25) is 9.78 Å². The molecule has 1 aliphatic rings. The largest absolute Gasteiger partial charge is 0.332 e. The normalized spacial score (nSPS) is 18.0. The number of pyridine rings is 1. The highest BCUT2D eigenvalue weighted by Crippen LogP contribution is 2.32. The van der Waals surface area contributed by atoms with Gasteiger partial charge in [-0.05, 0) is 48.2 Å². The van der Waals surface area contributed by atoms with E-state index in [0.29, 0.717) is 0 Å². The molecule has 0 spiro atoms. The quantitative estimate of drug-likeness (QED) is 0.811. The Labute approximate surface area is 129 Å². The van der Waals surface area contributed by atoms with Gasteiger partial charge in [-0.25, -0.2) is 4.39 Å². The van der Waals surface area contributed by atoms with Gasteiger partial charge in [-0.1, -0.05) is 18.2 Å². The van der Waals surface area contributed by atoms with E-state index in [1.165, 1.54) is 12.1 Å². The van der Waals surface area contributed by atoms with Gasteiger partial charge in [0.15, 0.2) is 0 Å². The number of nitrogens with zero attached hydrogens (tertiary/aromatic N) is 2. The van der Waals surface area contributed by atoms with Gasteiger partial charge in [0.1, 0.15) is 5.82 Å². The number of rotatable bonds is 3. The Bertz CT molecular complexity index is 667. The maximum Gasteiger partial charge on any atom is 0.247 e. The van der Waals surface area contributed by atoms with Crippen LogP contribution in [0.1, 0.15) is 30.0 Å². The molecule has 22 heavy (non-hydrogen) atoms. The molecule has 1 aliphatic heterocycles. The first-order valence-electron chi connectivity index (χ1n) is 7.38. The van der Waals surface area contributed by atoms with Gasteiger partial charge in [0, 0.05) is 25.0 Å². The van der Waals surface area contributed by atoms with Crippen LogP contribution in [0.3, 0.4) is 0 Å². The zero-order valence-electron chi connectivity index (χ0n) is 12.2. The van der Waals surface area contributed by atoms with Crippen LogP contribution in [0.2, 0.25) is 0 Å². The summed E-state index contributed by atoms with van der Waals surface area (Å²) in [6, 6.07) is 10.2. The molecule has 0 saturated carbocycles. The van der Waals surface area contributed by atoms with E-state index < -0.39 is 0 Å². The van der Waals surface area contributed by atoms with Crippen molar-refractivity contribution >= 4 is 12.0 Å². The van der Waals surface area contributed by atoms with Crippen LogP contribution >= 0.6 is 0 Å². The summed E-state index contributed by atoms with van der Waals surface area (Å²) in [5.74, 6) is -0.272. The molecule has 0 bridgehead atoms. The minimum absolute atomic E-state index is 0.0179. The van der Waals surface area contributed by atoms with Crippen LogP contribution in [0, 0.1) is 5.82 Å². The lowest BCUT2D eigenvalue weighted by Crippen LogP contribution is -2.28. The highest BCUT2D eigenvalue weighted by molar-refractivity contribution is 5.92. The van der Waals surface area contributed by atoms with Crippen molar-refractivity contribution in [3.05, 3.63) is 71.8 Å². The summed E-state index contributed by atoms with van der Waals surface area (Å²) in [6.45, 7) is 0.734. The smallest absolute Gasteiger partial charge is 0.247 e. The zero-order chi connectivity index (χ0) is 15.4. The van der Waals surface area contributed by atoms with Crippen molar-refractivity contribution < 1.29 is 9.18 Å². The SMILES string of the molecule is O=C(/C=C/c1cccnc1)N1CCCC1c1ccc(F)cc1. The molecule has 1 atom stereocenters. The number of halogens is 1. The molecule has 0 aliphatic carbocycles. The Balaban J connectivity index is 1.74. The number of amides is 1. The molecule has 4 heteroatoms. The number of hydrogen-bond donors (Lipinski definition) is 0. The summed E-state index contributed by atoms with van der Waals surface area (Å²) in [7, 11) is 0. The molecule has 2 heterocycles. The molecule has 1 aromatic carbocycles. The molecule has 1 fully saturated rings. The van der Waals surface area contributed by atoms with Crippen LogP contribution in [0.15, 0.2) is 54.9 Å². The lowest BCUT2D eigenvalue weighted by Gasteiger charge is -2.23. The van der Waals surface area contributed by atoms with Crippen LogP contribution in [0.5, 0.6) is 0 Å². The minimum Gasteiger partial charge on any atom is -0.332 e. The van der Waals surface area contributed by atoms with Crippen molar-refractivity contribution in [1.82, 2.24) is 9.88 Å². The fraction of sp³-hybridized carbons (Fsp3) is 0.222. The topological polar surface area (TPSA) is 33.2 Å². The summed E-state index contributed by atoms with van der Waals surface area (Å²) >= 11 is 0. The highest BCUT2D eigenvalue weighted by atomic mass is 19.1. The molecule has 1 saturated heterocycles. The number of likely N-dealkylation sites (tertiary alicyclic amines) is 1. The van der Waals surface area contributed by atoms with Crippen molar-refractivity contribution in [2.24, 2.45) is 0 Å². The standard InChI is InChI=1S/C18H17FN2O/c19-16-8-6-15(7-9-16)17-4-2-12-21(17)18(22)10-5-14-3-1-11-20-13-14/h1,3,5-11,13,17H,2,4,12H2/b10-5+. The number of carbonyl (C=O) groups excluding carboxylic acids is 1. The van der Waals surface area contributed by atoms with Crippen molar-refractivity contribution in [2.75, 3.05) is 6.54 Å². The Morgan fingerprint density at radius 3 is 2.82 bits per heavy atom. The third-order valence-electron chi connectivity index (χ3n) is 3.89. The summed E-state index contributed by atoms with van der Waals surface area (Å²) in [6.07, 6.45) is 8.65. The van der Waals surface area contributed by atoms with E-state index in [2.05, 4.69) is 4.98 Å². The molecule has 3 nitrogen and oxygen atoms in total. The van der Waals surface area contributed by atoms with Crippen molar-refractivity contribution in [3.63, 3.8) is 0 Å². The molecule has 0 radical (unpaired) electrons. The molecule has 112 valence electrons. The number of carbonyl (C=O) groups is 1. The molecule has 1 aromatic heterocycles. The first-order valence-corrected chi connectivity index (χ1v) is 7.38. The van der Waals surface area contributed by atoms with E-state index in [9.17, 15) is 9.18 Å². The van der Waals surface area contributed by atoms with Gasteiger partial charge >= 0.3 is 0 Å². The van der Waals surface area contributed by atoms with E-state index in [0.717, 1.165) is 30.5 Å². The van der Waals surface area contributed by atoms with E-state index >= 15 is 0 Å². The monoisotopic (exact) mass is 296 g/mol. The first-order chi connectivity index (χ1) is 10.7. The average Bonchev–Trinajstić information content (AvgIpc) is 3.04. The predicted molar refractivity (Wildman–Crippen MR) is 83.4 cm³/mol. The van der Waals surface area contributed by atoms with Crippen LogP contribution in [-0.2, 0) is 4.79 Å². The fourth-order valence-corrected chi connectivity index (χ4v) is 2.80. The second-order valence-electron chi connectivity index (χ2n) is 5.36. The Kier molecular flexibility index (Phi) is 4.28. The molecular weight excluding hydrogens is 279 g/mol. The zero-order valence-corrected chi connectivity index (χ0v) is 12.2. The van der Waals surface area contributed by atoms with Gasteiger partial charge in [-0.15, -0.1) is 0 Å². The van der Waals surface area contributed by atoms with E-state index in [4.69, 9.17) is 0 Å². The van der Waals surface area contributed by atoms with Crippen molar-refractivity contribution in [2.45, 2.75) is 18.9 Å². The third kappa shape index (κ3) is 3.22. The van der Waals surface area contributed by atoms with Crippen molar-refractivity contribution in [1.29, 1.82) is 0 Å². The van der Waals surface area contributed by atoms with E-state index in [1.807, 2.05) is 17.0 Å². The van der Waals surface area contributed by atoms with Gasteiger partial charge in [-0.2, -0.15) is 0 Å². The maximum atomic E-state index is 13.0. The first kappa shape index (κ1) is 14.4. The fourth-order valence-electron chi connectivity index (χ4n) is 2.80.